The fourth-order valence-electron chi connectivity index (χ4n) is 3.46. The van der Waals surface area contributed by atoms with Crippen molar-refractivity contribution in [1.29, 1.82) is 5.26 Å². The van der Waals surface area contributed by atoms with Crippen molar-refractivity contribution < 1.29 is 9.47 Å². The second kappa shape index (κ2) is 11.4. The third-order valence-electron chi connectivity index (χ3n) is 5.44. The smallest absolute Gasteiger partial charge is 0.223 e. The second-order valence-electron chi connectivity index (χ2n) is 8.05. The van der Waals surface area contributed by atoms with Crippen molar-refractivity contribution in [2.75, 3.05) is 24.9 Å². The summed E-state index contributed by atoms with van der Waals surface area (Å²) in [6.07, 6.45) is 0. The normalized spacial score (nSPS) is 11.1. The highest BCUT2D eigenvalue weighted by Crippen LogP contribution is 2.38. The number of ether oxygens (including phenoxy) is 2. The van der Waals surface area contributed by atoms with Gasteiger partial charge in [0.2, 0.25) is 5.95 Å². The summed E-state index contributed by atoms with van der Waals surface area (Å²) < 4.78 is 11.5. The summed E-state index contributed by atoms with van der Waals surface area (Å²) >= 11 is 12.2. The van der Waals surface area contributed by atoms with Gasteiger partial charge in [-0.05, 0) is 41.5 Å². The van der Waals surface area contributed by atoms with E-state index in [4.69, 9.17) is 38.4 Å². The zero-order valence-electron chi connectivity index (χ0n) is 19.4. The van der Waals surface area contributed by atoms with Gasteiger partial charge in [-0.2, -0.15) is 5.26 Å². The highest BCUT2D eigenvalue weighted by molar-refractivity contribution is 6.32. The Balaban J connectivity index is 1.79. The number of nitrogens with one attached hydrogen (secondary N) is 1. The molecule has 0 unspecified atom stereocenters. The average molecular weight is 500 g/mol. The van der Waals surface area contributed by atoms with Crippen molar-refractivity contribution in [1.82, 2.24) is 9.97 Å². The molecule has 0 radical (unpaired) electrons. The quantitative estimate of drug-likeness (QED) is 0.377. The lowest BCUT2D eigenvalue weighted by molar-refractivity contribution is 0.301. The van der Waals surface area contributed by atoms with Crippen LogP contribution in [0.5, 0.6) is 11.5 Å². The molecule has 34 heavy (non-hydrogen) atoms. The molecule has 0 aliphatic rings. The number of benzene rings is 2. The number of alkyl halides is 1. The molecular formula is C25H27Cl2N5O2. The van der Waals surface area contributed by atoms with Crippen LogP contribution in [-0.4, -0.2) is 29.5 Å². The maximum Gasteiger partial charge on any atom is 0.223 e. The SMILES string of the molecule is CNc1nc(CN)cc(COc2ccc(C(C)(C)c3cc(Cl)c(OCCCl)c(C#N)c3)cc2)n1. The molecule has 1 heterocycles. The van der Waals surface area contributed by atoms with Crippen LogP contribution in [-0.2, 0) is 18.6 Å². The summed E-state index contributed by atoms with van der Waals surface area (Å²) in [5, 5.41) is 12.9. The largest absolute Gasteiger partial charge is 0.489 e. The Morgan fingerprint density at radius 1 is 1.06 bits per heavy atom. The molecule has 1 aromatic heterocycles. The van der Waals surface area contributed by atoms with Crippen LogP contribution in [0.25, 0.3) is 0 Å². The van der Waals surface area contributed by atoms with E-state index in [0.717, 1.165) is 22.5 Å². The Morgan fingerprint density at radius 2 is 1.76 bits per heavy atom. The molecular weight excluding hydrogens is 473 g/mol. The van der Waals surface area contributed by atoms with E-state index in [2.05, 4.69) is 35.2 Å². The second-order valence-corrected chi connectivity index (χ2v) is 8.84. The molecule has 0 atom stereocenters. The minimum absolute atomic E-state index is 0.277. The van der Waals surface area contributed by atoms with Gasteiger partial charge < -0.3 is 20.5 Å². The number of nitrogens with zero attached hydrogens (tertiary/aromatic N) is 3. The molecule has 2 aromatic carbocycles. The number of anilines is 1. The number of nitrogens with two attached hydrogens (primary N) is 1. The van der Waals surface area contributed by atoms with Gasteiger partial charge >= 0.3 is 0 Å². The molecule has 0 bridgehead atoms. The minimum atomic E-state index is -0.414. The summed E-state index contributed by atoms with van der Waals surface area (Å²) in [6.45, 7) is 5.04. The van der Waals surface area contributed by atoms with Crippen LogP contribution in [0, 0.1) is 11.3 Å². The number of halogens is 2. The highest BCUT2D eigenvalue weighted by atomic mass is 35.5. The van der Waals surface area contributed by atoms with Crippen molar-refractivity contribution in [2.24, 2.45) is 5.73 Å². The van der Waals surface area contributed by atoms with Gasteiger partial charge in [-0.1, -0.05) is 37.6 Å². The lowest BCUT2D eigenvalue weighted by Gasteiger charge is -2.27. The molecule has 3 aromatic rings. The summed E-state index contributed by atoms with van der Waals surface area (Å²) in [6, 6.07) is 15.5. The first-order valence-electron chi connectivity index (χ1n) is 10.7. The van der Waals surface area contributed by atoms with Gasteiger partial charge in [0, 0.05) is 19.0 Å². The van der Waals surface area contributed by atoms with Crippen LogP contribution >= 0.6 is 23.2 Å². The summed E-state index contributed by atoms with van der Waals surface area (Å²) in [4.78, 5) is 8.69. The molecule has 9 heteroatoms. The summed E-state index contributed by atoms with van der Waals surface area (Å²) in [5.74, 6) is 1.88. The van der Waals surface area contributed by atoms with E-state index in [-0.39, 0.29) is 13.2 Å². The molecule has 0 spiro atoms. The van der Waals surface area contributed by atoms with E-state index < -0.39 is 5.41 Å². The van der Waals surface area contributed by atoms with E-state index >= 15 is 0 Å². The Bertz CT molecular complexity index is 1150. The van der Waals surface area contributed by atoms with Gasteiger partial charge in [-0.3, -0.25) is 0 Å². The lowest BCUT2D eigenvalue weighted by Crippen LogP contribution is -2.19. The van der Waals surface area contributed by atoms with Crippen molar-refractivity contribution in [3.05, 3.63) is 75.6 Å². The molecule has 3 N–H and O–H groups in total. The first-order valence-corrected chi connectivity index (χ1v) is 11.6. The van der Waals surface area contributed by atoms with Crippen LogP contribution in [0.4, 0.5) is 5.95 Å². The van der Waals surface area contributed by atoms with Crippen LogP contribution in [0.3, 0.4) is 0 Å². The van der Waals surface area contributed by atoms with Crippen LogP contribution in [0.2, 0.25) is 5.02 Å². The molecule has 0 amide bonds. The number of hydrogen-bond donors (Lipinski definition) is 2. The van der Waals surface area contributed by atoms with Crippen molar-refractivity contribution >= 4 is 29.2 Å². The maximum absolute atomic E-state index is 9.60. The van der Waals surface area contributed by atoms with Crippen molar-refractivity contribution in [3.63, 3.8) is 0 Å². The van der Waals surface area contributed by atoms with E-state index in [9.17, 15) is 5.26 Å². The van der Waals surface area contributed by atoms with Gasteiger partial charge in [0.05, 0.1) is 27.9 Å². The van der Waals surface area contributed by atoms with Gasteiger partial charge in [-0.15, -0.1) is 11.6 Å². The monoisotopic (exact) mass is 499 g/mol. The Kier molecular flexibility index (Phi) is 8.56. The molecule has 0 saturated heterocycles. The zero-order chi connectivity index (χ0) is 24.7. The predicted octanol–water partition coefficient (Wildman–Crippen LogP) is 5.02. The van der Waals surface area contributed by atoms with Crippen LogP contribution in [0.1, 0.15) is 41.9 Å². The lowest BCUT2D eigenvalue weighted by atomic mass is 9.77. The molecule has 0 aliphatic heterocycles. The fourth-order valence-corrected chi connectivity index (χ4v) is 3.81. The maximum atomic E-state index is 9.60. The summed E-state index contributed by atoms with van der Waals surface area (Å²) in [7, 11) is 1.76. The van der Waals surface area contributed by atoms with Gasteiger partial charge in [0.25, 0.3) is 0 Å². The third kappa shape index (κ3) is 5.89. The Morgan fingerprint density at radius 3 is 2.38 bits per heavy atom. The van der Waals surface area contributed by atoms with E-state index in [1.807, 2.05) is 42.5 Å². The molecule has 0 saturated carbocycles. The van der Waals surface area contributed by atoms with Crippen LogP contribution < -0.4 is 20.5 Å². The first-order chi connectivity index (χ1) is 16.3. The minimum Gasteiger partial charge on any atom is -0.489 e. The summed E-state index contributed by atoms with van der Waals surface area (Å²) in [5.41, 5.74) is 9.10. The van der Waals surface area contributed by atoms with Gasteiger partial charge in [-0.25, -0.2) is 9.97 Å². The Hall–Kier alpha value is -3.05. The fraction of sp³-hybridized carbons (Fsp3) is 0.320. The average Bonchev–Trinajstić information content (AvgIpc) is 2.86. The number of nitriles is 1. The van der Waals surface area contributed by atoms with E-state index in [1.165, 1.54) is 0 Å². The Labute approximate surface area is 209 Å². The van der Waals surface area contributed by atoms with Gasteiger partial charge in [0.15, 0.2) is 5.75 Å². The molecule has 0 aliphatic carbocycles. The molecule has 178 valence electrons. The van der Waals surface area contributed by atoms with Gasteiger partial charge in [0.1, 0.15) is 25.0 Å². The number of rotatable bonds is 10. The number of hydrogen-bond acceptors (Lipinski definition) is 7. The van der Waals surface area contributed by atoms with E-state index in [1.54, 1.807) is 7.05 Å². The third-order valence-corrected chi connectivity index (χ3v) is 5.87. The highest BCUT2D eigenvalue weighted by Gasteiger charge is 2.26. The predicted molar refractivity (Wildman–Crippen MR) is 135 cm³/mol. The molecule has 3 rings (SSSR count). The van der Waals surface area contributed by atoms with Crippen LogP contribution in [0.15, 0.2) is 42.5 Å². The standard InChI is InChI=1S/C25H27Cl2N5O2/c1-25(2,18-10-16(13-28)23(22(27)11-18)33-9-8-26)17-4-6-21(7-5-17)34-15-20-12-19(14-29)31-24(30-3)32-20/h4-7,10-12H,8-9,14-15,29H2,1-3H3,(H,30,31,32). The number of aromatic nitrogens is 2. The molecule has 0 fully saturated rings. The first kappa shape index (κ1) is 25.6. The molecule has 7 nitrogen and oxygen atoms in total. The topological polar surface area (TPSA) is 106 Å². The van der Waals surface area contributed by atoms with Crippen molar-refractivity contribution in [2.45, 2.75) is 32.4 Å². The zero-order valence-corrected chi connectivity index (χ0v) is 20.9. The van der Waals surface area contributed by atoms with Crippen molar-refractivity contribution in [3.8, 4) is 17.6 Å². The van der Waals surface area contributed by atoms with E-state index in [0.29, 0.717) is 40.5 Å².